The van der Waals surface area contributed by atoms with Crippen molar-refractivity contribution in [3.05, 3.63) is 65.0 Å². The average Bonchev–Trinajstić information content (AvgIpc) is 3.18. The number of methoxy groups -OCH3 is 2. The van der Waals surface area contributed by atoms with Crippen molar-refractivity contribution in [2.24, 2.45) is 5.92 Å². The van der Waals surface area contributed by atoms with Crippen LogP contribution in [0.5, 0.6) is 5.75 Å². The number of hydrogen-bond acceptors (Lipinski definition) is 4. The van der Waals surface area contributed by atoms with Gasteiger partial charge in [-0.1, -0.05) is 18.2 Å². The molecule has 2 aromatic carbocycles. The van der Waals surface area contributed by atoms with Gasteiger partial charge in [0.1, 0.15) is 11.6 Å². The van der Waals surface area contributed by atoms with Gasteiger partial charge in [-0.3, -0.25) is 4.79 Å². The standard InChI is InChI=1S/C22H24FNO4/c1-27-18-6-3-15(4-7-18)13-21(25)24-10-9-17(14-24)11-16-5-8-20(23)19(12-16)22(26)28-2/h3-8,12,17H,9-11,13-14H2,1-2H3. The van der Waals surface area contributed by atoms with E-state index >= 15 is 0 Å². The maximum absolute atomic E-state index is 13.8. The van der Waals surface area contributed by atoms with Crippen LogP contribution in [-0.4, -0.2) is 44.1 Å². The zero-order valence-electron chi connectivity index (χ0n) is 16.1. The lowest BCUT2D eigenvalue weighted by molar-refractivity contribution is -0.129. The minimum absolute atomic E-state index is 0.0505. The number of amides is 1. The SMILES string of the molecule is COC(=O)c1cc(CC2CCN(C(=O)Cc3ccc(OC)cc3)C2)ccc1F. The first-order chi connectivity index (χ1) is 13.5. The van der Waals surface area contributed by atoms with Gasteiger partial charge >= 0.3 is 5.97 Å². The van der Waals surface area contributed by atoms with E-state index in [0.29, 0.717) is 25.9 Å². The number of carbonyl (C=O) groups excluding carboxylic acids is 2. The quantitative estimate of drug-likeness (QED) is 0.717. The Morgan fingerprint density at radius 2 is 1.82 bits per heavy atom. The van der Waals surface area contributed by atoms with Gasteiger partial charge in [0.05, 0.1) is 26.2 Å². The number of carbonyl (C=O) groups is 2. The van der Waals surface area contributed by atoms with Gasteiger partial charge in [-0.15, -0.1) is 0 Å². The smallest absolute Gasteiger partial charge is 0.340 e. The fourth-order valence-electron chi connectivity index (χ4n) is 3.55. The molecule has 1 fully saturated rings. The lowest BCUT2D eigenvalue weighted by Crippen LogP contribution is -2.30. The van der Waals surface area contributed by atoms with Gasteiger partial charge in [0, 0.05) is 13.1 Å². The second kappa shape index (κ2) is 8.87. The highest BCUT2D eigenvalue weighted by molar-refractivity contribution is 5.89. The van der Waals surface area contributed by atoms with Crippen molar-refractivity contribution < 1.29 is 23.5 Å². The summed E-state index contributed by atoms with van der Waals surface area (Å²) in [4.78, 5) is 26.1. The number of halogens is 1. The third-order valence-electron chi connectivity index (χ3n) is 5.11. The van der Waals surface area contributed by atoms with Crippen LogP contribution in [0.2, 0.25) is 0 Å². The molecule has 1 unspecified atom stereocenters. The van der Waals surface area contributed by atoms with Crippen molar-refractivity contribution in [3.8, 4) is 5.75 Å². The zero-order valence-corrected chi connectivity index (χ0v) is 16.1. The lowest BCUT2D eigenvalue weighted by Gasteiger charge is -2.17. The molecule has 1 aliphatic heterocycles. The first-order valence-corrected chi connectivity index (χ1v) is 9.27. The van der Waals surface area contributed by atoms with Gasteiger partial charge in [-0.2, -0.15) is 0 Å². The minimum atomic E-state index is -0.679. The lowest BCUT2D eigenvalue weighted by atomic mass is 9.97. The Morgan fingerprint density at radius 1 is 1.11 bits per heavy atom. The highest BCUT2D eigenvalue weighted by atomic mass is 19.1. The molecule has 28 heavy (non-hydrogen) atoms. The van der Waals surface area contributed by atoms with Crippen molar-refractivity contribution in [1.29, 1.82) is 0 Å². The molecule has 0 saturated carbocycles. The molecular formula is C22H24FNO4. The van der Waals surface area contributed by atoms with Gasteiger partial charge in [-0.25, -0.2) is 9.18 Å². The van der Waals surface area contributed by atoms with E-state index in [0.717, 1.165) is 23.3 Å². The third kappa shape index (κ3) is 4.68. The number of ether oxygens (including phenoxy) is 2. The van der Waals surface area contributed by atoms with Crippen LogP contribution in [0.1, 0.15) is 27.9 Å². The Balaban J connectivity index is 1.57. The number of esters is 1. The predicted molar refractivity (Wildman–Crippen MR) is 103 cm³/mol. The summed E-state index contributed by atoms with van der Waals surface area (Å²) in [5.74, 6) is -0.110. The van der Waals surface area contributed by atoms with Crippen LogP contribution < -0.4 is 4.74 Å². The van der Waals surface area contributed by atoms with Gasteiger partial charge in [0.15, 0.2) is 0 Å². The topological polar surface area (TPSA) is 55.8 Å². The molecule has 0 bridgehead atoms. The van der Waals surface area contributed by atoms with Gasteiger partial charge in [0.25, 0.3) is 0 Å². The van der Waals surface area contributed by atoms with Crippen LogP contribution in [0.25, 0.3) is 0 Å². The average molecular weight is 385 g/mol. The zero-order chi connectivity index (χ0) is 20.1. The Labute approximate surface area is 164 Å². The summed E-state index contributed by atoms with van der Waals surface area (Å²) in [6, 6.07) is 12.0. The summed E-state index contributed by atoms with van der Waals surface area (Å²) < 4.78 is 23.5. The van der Waals surface area contributed by atoms with E-state index in [4.69, 9.17) is 4.74 Å². The number of hydrogen-bond donors (Lipinski definition) is 0. The van der Waals surface area contributed by atoms with Crippen molar-refractivity contribution in [2.75, 3.05) is 27.3 Å². The van der Waals surface area contributed by atoms with Crippen molar-refractivity contribution >= 4 is 11.9 Å². The first kappa shape index (κ1) is 19.9. The molecular weight excluding hydrogens is 361 g/mol. The van der Waals surface area contributed by atoms with Crippen molar-refractivity contribution in [1.82, 2.24) is 4.90 Å². The normalized spacial score (nSPS) is 16.1. The fraction of sp³-hybridized carbons (Fsp3) is 0.364. The molecule has 0 spiro atoms. The minimum Gasteiger partial charge on any atom is -0.497 e. The van der Waals surface area contributed by atoms with Crippen LogP contribution in [0.3, 0.4) is 0 Å². The van der Waals surface area contributed by atoms with E-state index in [1.165, 1.54) is 13.2 Å². The highest BCUT2D eigenvalue weighted by Crippen LogP contribution is 2.23. The van der Waals surface area contributed by atoms with Gasteiger partial charge in [0.2, 0.25) is 5.91 Å². The largest absolute Gasteiger partial charge is 0.497 e. The summed E-state index contributed by atoms with van der Waals surface area (Å²) in [7, 11) is 2.84. The van der Waals surface area contributed by atoms with Gasteiger partial charge in [-0.05, 0) is 54.2 Å². The summed E-state index contributed by atoms with van der Waals surface area (Å²) in [6.45, 7) is 1.38. The Bertz CT molecular complexity index is 850. The first-order valence-electron chi connectivity index (χ1n) is 9.27. The molecule has 3 rings (SSSR count). The van der Waals surface area contributed by atoms with E-state index in [-0.39, 0.29) is 17.4 Å². The third-order valence-corrected chi connectivity index (χ3v) is 5.11. The van der Waals surface area contributed by atoms with E-state index in [9.17, 15) is 14.0 Å². The molecule has 5 nitrogen and oxygen atoms in total. The maximum atomic E-state index is 13.8. The Kier molecular flexibility index (Phi) is 6.29. The second-order valence-electron chi connectivity index (χ2n) is 7.03. The van der Waals surface area contributed by atoms with Crippen LogP contribution in [-0.2, 0) is 22.4 Å². The predicted octanol–water partition coefficient (Wildman–Crippen LogP) is 3.25. The summed E-state index contributed by atoms with van der Waals surface area (Å²) in [6.07, 6.45) is 1.94. The molecule has 1 saturated heterocycles. The van der Waals surface area contributed by atoms with E-state index in [1.54, 1.807) is 19.2 Å². The maximum Gasteiger partial charge on any atom is 0.340 e. The molecule has 0 radical (unpaired) electrons. The summed E-state index contributed by atoms with van der Waals surface area (Å²) in [5, 5.41) is 0. The molecule has 1 atom stereocenters. The number of nitrogens with zero attached hydrogens (tertiary/aromatic N) is 1. The fourth-order valence-corrected chi connectivity index (χ4v) is 3.55. The molecule has 148 valence electrons. The number of likely N-dealkylation sites (tertiary alicyclic amines) is 1. The number of rotatable bonds is 6. The highest BCUT2D eigenvalue weighted by Gasteiger charge is 2.26. The second-order valence-corrected chi connectivity index (χ2v) is 7.03. The Hall–Kier alpha value is -2.89. The molecule has 1 amide bonds. The van der Waals surface area contributed by atoms with E-state index < -0.39 is 11.8 Å². The molecule has 1 heterocycles. The van der Waals surface area contributed by atoms with Gasteiger partial charge < -0.3 is 14.4 Å². The molecule has 6 heteroatoms. The molecule has 2 aromatic rings. The molecule has 0 aromatic heterocycles. The van der Waals surface area contributed by atoms with E-state index in [1.807, 2.05) is 29.2 Å². The van der Waals surface area contributed by atoms with Crippen LogP contribution in [0.4, 0.5) is 4.39 Å². The summed E-state index contributed by atoms with van der Waals surface area (Å²) in [5.41, 5.74) is 1.78. The van der Waals surface area contributed by atoms with Crippen LogP contribution in [0.15, 0.2) is 42.5 Å². The molecule has 1 aliphatic rings. The molecule has 0 aliphatic carbocycles. The van der Waals surface area contributed by atoms with Crippen LogP contribution in [0, 0.1) is 11.7 Å². The molecule has 0 N–H and O–H groups in total. The monoisotopic (exact) mass is 385 g/mol. The number of benzene rings is 2. The van der Waals surface area contributed by atoms with Crippen molar-refractivity contribution in [3.63, 3.8) is 0 Å². The Morgan fingerprint density at radius 3 is 2.50 bits per heavy atom. The van der Waals surface area contributed by atoms with E-state index in [2.05, 4.69) is 4.74 Å². The van der Waals surface area contributed by atoms with Crippen LogP contribution >= 0.6 is 0 Å². The van der Waals surface area contributed by atoms with Crippen molar-refractivity contribution in [2.45, 2.75) is 19.3 Å². The summed E-state index contributed by atoms with van der Waals surface area (Å²) >= 11 is 0.